The van der Waals surface area contributed by atoms with Gasteiger partial charge >= 0.3 is 0 Å². The lowest BCUT2D eigenvalue weighted by molar-refractivity contribution is 0.414. The normalized spacial score (nSPS) is 10.9. The van der Waals surface area contributed by atoms with Crippen LogP contribution in [-0.4, -0.2) is 14.2 Å². The van der Waals surface area contributed by atoms with Gasteiger partial charge in [-0.1, -0.05) is 66.7 Å². The Bertz CT molecular complexity index is 981. The highest BCUT2D eigenvalue weighted by atomic mass is 16.5. The highest BCUT2D eigenvalue weighted by Gasteiger charge is 2.20. The molecule has 0 bridgehead atoms. The number of fused-ring (bicyclic) bond motifs is 1. The van der Waals surface area contributed by atoms with E-state index in [4.69, 9.17) is 9.47 Å². The molecule has 0 aliphatic rings. The molecule has 0 spiro atoms. The summed E-state index contributed by atoms with van der Waals surface area (Å²) in [5.74, 6) is 2.90. The van der Waals surface area contributed by atoms with Crippen molar-refractivity contribution in [3.05, 3.63) is 114 Å². The van der Waals surface area contributed by atoms with Crippen LogP contribution < -0.4 is 9.47 Å². The fourth-order valence-corrected chi connectivity index (χ4v) is 3.44. The molecule has 0 heterocycles. The van der Waals surface area contributed by atoms with Crippen LogP contribution in [0.2, 0.25) is 0 Å². The van der Waals surface area contributed by atoms with Crippen LogP contribution in [0.25, 0.3) is 10.8 Å². The van der Waals surface area contributed by atoms with Gasteiger partial charge in [-0.2, -0.15) is 0 Å². The maximum absolute atomic E-state index is 5.34. The Morgan fingerprint density at radius 3 is 1.63 bits per heavy atom. The van der Waals surface area contributed by atoms with Crippen molar-refractivity contribution in [1.82, 2.24) is 0 Å². The van der Waals surface area contributed by atoms with E-state index in [1.165, 1.54) is 22.3 Å². The molecule has 4 aromatic carbocycles. The predicted octanol–water partition coefficient (Wildman–Crippen LogP) is 5.88. The van der Waals surface area contributed by atoms with E-state index < -0.39 is 0 Å². The van der Waals surface area contributed by atoms with Crippen molar-refractivity contribution in [1.29, 1.82) is 0 Å². The minimum absolute atomic E-state index is 0.853. The van der Waals surface area contributed by atoms with Gasteiger partial charge in [-0.25, -0.2) is 0 Å². The molecule has 0 fully saturated rings. The quantitative estimate of drug-likeness (QED) is 0.417. The summed E-state index contributed by atoms with van der Waals surface area (Å²) < 4.78 is 10.7. The Balaban J connectivity index is 1.91. The molecule has 0 atom stereocenters. The molecule has 0 amide bonds. The van der Waals surface area contributed by atoms with Crippen LogP contribution in [0.3, 0.4) is 0 Å². The monoisotopic (exact) mass is 353 g/mol. The van der Waals surface area contributed by atoms with Crippen LogP contribution in [-0.2, 0) is 0 Å². The van der Waals surface area contributed by atoms with E-state index in [-0.39, 0.29) is 0 Å². The van der Waals surface area contributed by atoms with Gasteiger partial charge in [0, 0.05) is 0 Å². The molecule has 0 unspecified atom stereocenters. The van der Waals surface area contributed by atoms with Crippen LogP contribution in [0.1, 0.15) is 16.7 Å². The first-order valence-corrected chi connectivity index (χ1v) is 8.94. The van der Waals surface area contributed by atoms with Crippen molar-refractivity contribution < 1.29 is 9.47 Å². The first-order valence-electron chi connectivity index (χ1n) is 8.94. The fourth-order valence-electron chi connectivity index (χ4n) is 3.44. The summed E-state index contributed by atoms with van der Waals surface area (Å²) in [5, 5.41) is 2.47. The molecular weight excluding hydrogens is 332 g/mol. The maximum atomic E-state index is 5.34. The summed E-state index contributed by atoms with van der Waals surface area (Å²) in [6, 6.07) is 31.4. The molecule has 4 aromatic rings. The van der Waals surface area contributed by atoms with Gasteiger partial charge in [0.15, 0.2) is 0 Å². The Morgan fingerprint density at radius 2 is 1.07 bits per heavy atom. The van der Waals surface area contributed by atoms with Gasteiger partial charge < -0.3 is 9.47 Å². The molecule has 4 rings (SSSR count). The molecule has 0 aliphatic heterocycles. The van der Waals surface area contributed by atoms with E-state index in [1.807, 2.05) is 24.3 Å². The zero-order valence-corrected chi connectivity index (χ0v) is 15.5. The second kappa shape index (κ2) is 7.55. The smallest absolute Gasteiger partial charge is 0.118 e. The largest absolute Gasteiger partial charge is 0.497 e. The zero-order valence-electron chi connectivity index (χ0n) is 15.5. The van der Waals surface area contributed by atoms with Gasteiger partial charge in [0.05, 0.1) is 20.1 Å². The Labute approximate surface area is 160 Å². The number of ether oxygens (including phenoxy) is 2. The van der Waals surface area contributed by atoms with Gasteiger partial charge in [-0.05, 0) is 51.7 Å². The topological polar surface area (TPSA) is 18.5 Å². The highest BCUT2D eigenvalue weighted by Crippen LogP contribution is 2.36. The van der Waals surface area contributed by atoms with Crippen molar-refractivity contribution >= 4 is 10.8 Å². The van der Waals surface area contributed by atoms with Crippen LogP contribution in [0.5, 0.6) is 11.5 Å². The van der Waals surface area contributed by atoms with Gasteiger partial charge in [0.1, 0.15) is 11.5 Å². The molecule has 0 saturated heterocycles. The Kier molecular flexibility index (Phi) is 4.80. The number of hydrogen-bond donors (Lipinski definition) is 0. The molecule has 0 saturated carbocycles. The zero-order chi connectivity index (χ0) is 18.6. The highest BCUT2D eigenvalue weighted by molar-refractivity contribution is 5.89. The van der Waals surface area contributed by atoms with Crippen LogP contribution in [0.15, 0.2) is 91.0 Å². The first-order chi connectivity index (χ1) is 13.3. The SMILES string of the molecule is COc1ccc([C](c2ccc(OC)cc2)c2cccc3ccccc23)cc1. The first kappa shape index (κ1) is 17.2. The molecule has 27 heavy (non-hydrogen) atoms. The average molecular weight is 353 g/mol. The molecule has 2 heteroatoms. The van der Waals surface area contributed by atoms with E-state index in [1.54, 1.807) is 14.2 Å². The van der Waals surface area contributed by atoms with Gasteiger partial charge in [-0.3, -0.25) is 0 Å². The van der Waals surface area contributed by atoms with E-state index in [2.05, 4.69) is 66.7 Å². The van der Waals surface area contributed by atoms with Crippen molar-refractivity contribution in [2.24, 2.45) is 0 Å². The summed E-state index contributed by atoms with van der Waals surface area (Å²) >= 11 is 0. The summed E-state index contributed by atoms with van der Waals surface area (Å²) in [7, 11) is 3.38. The van der Waals surface area contributed by atoms with Crippen LogP contribution >= 0.6 is 0 Å². The average Bonchev–Trinajstić information content (AvgIpc) is 2.75. The predicted molar refractivity (Wildman–Crippen MR) is 110 cm³/mol. The number of rotatable bonds is 5. The van der Waals surface area contributed by atoms with E-state index in [0.29, 0.717) is 0 Å². The summed E-state index contributed by atoms with van der Waals surface area (Å²) in [5.41, 5.74) is 3.51. The molecular formula is C25H21O2. The maximum Gasteiger partial charge on any atom is 0.118 e. The molecule has 133 valence electrons. The van der Waals surface area contributed by atoms with Crippen molar-refractivity contribution in [2.45, 2.75) is 0 Å². The third kappa shape index (κ3) is 3.39. The molecule has 2 nitrogen and oxygen atoms in total. The van der Waals surface area contributed by atoms with E-state index in [0.717, 1.165) is 22.6 Å². The van der Waals surface area contributed by atoms with E-state index in [9.17, 15) is 0 Å². The minimum Gasteiger partial charge on any atom is -0.497 e. The second-order valence-corrected chi connectivity index (χ2v) is 6.36. The number of methoxy groups -OCH3 is 2. The second-order valence-electron chi connectivity index (χ2n) is 6.36. The van der Waals surface area contributed by atoms with Crippen LogP contribution in [0, 0.1) is 5.92 Å². The summed E-state index contributed by atoms with van der Waals surface area (Å²) in [6.45, 7) is 0. The lowest BCUT2D eigenvalue weighted by Gasteiger charge is -2.20. The van der Waals surface area contributed by atoms with Crippen molar-refractivity contribution in [2.75, 3.05) is 14.2 Å². The number of benzene rings is 4. The molecule has 0 N–H and O–H groups in total. The van der Waals surface area contributed by atoms with Crippen molar-refractivity contribution in [3.8, 4) is 11.5 Å². The third-order valence-electron chi connectivity index (χ3n) is 4.82. The van der Waals surface area contributed by atoms with Crippen LogP contribution in [0.4, 0.5) is 0 Å². The molecule has 0 aliphatic carbocycles. The van der Waals surface area contributed by atoms with Gasteiger partial charge in [0.2, 0.25) is 0 Å². The lowest BCUT2D eigenvalue weighted by Crippen LogP contribution is -2.05. The fraction of sp³-hybridized carbons (Fsp3) is 0.0800. The summed E-state index contributed by atoms with van der Waals surface area (Å²) in [4.78, 5) is 0. The van der Waals surface area contributed by atoms with Crippen molar-refractivity contribution in [3.63, 3.8) is 0 Å². The number of hydrogen-bond acceptors (Lipinski definition) is 2. The summed E-state index contributed by atoms with van der Waals surface area (Å²) in [6.07, 6.45) is 0. The van der Waals surface area contributed by atoms with E-state index >= 15 is 0 Å². The lowest BCUT2D eigenvalue weighted by atomic mass is 9.83. The third-order valence-corrected chi connectivity index (χ3v) is 4.82. The minimum atomic E-state index is 0.853. The Morgan fingerprint density at radius 1 is 0.556 bits per heavy atom. The molecule has 0 aromatic heterocycles. The van der Waals surface area contributed by atoms with Gasteiger partial charge in [-0.15, -0.1) is 0 Å². The Hall–Kier alpha value is -3.26. The standard InChI is InChI=1S/C25H21O2/c1-26-21-14-10-19(11-15-21)25(20-12-16-22(27-2)17-13-20)24-9-5-7-18-6-3-4-8-23(18)24/h3-17H,1-2H3. The molecule has 1 radical (unpaired) electrons. The van der Waals surface area contributed by atoms with Gasteiger partial charge in [0.25, 0.3) is 0 Å².